The zero-order chi connectivity index (χ0) is 20.8. The Kier molecular flexibility index (Phi) is 6.78. The number of aromatic nitrogens is 3. The zero-order valence-electron chi connectivity index (χ0n) is 15.6. The average Bonchev–Trinajstić information content (AvgIpc) is 3.39. The SMILES string of the molecule is CCn1c(SCC(=O)NNC(=O)c2cc(Cl)ccc2OC)nnc1-c1ccco1. The van der Waals surface area contributed by atoms with Gasteiger partial charge in [0, 0.05) is 11.6 Å². The van der Waals surface area contributed by atoms with Crippen molar-refractivity contribution in [2.75, 3.05) is 12.9 Å². The summed E-state index contributed by atoms with van der Waals surface area (Å²) in [5, 5.41) is 9.17. The van der Waals surface area contributed by atoms with E-state index in [9.17, 15) is 9.59 Å². The summed E-state index contributed by atoms with van der Waals surface area (Å²) in [4.78, 5) is 24.4. The van der Waals surface area contributed by atoms with E-state index in [1.54, 1.807) is 30.5 Å². The van der Waals surface area contributed by atoms with E-state index in [2.05, 4.69) is 21.0 Å². The molecule has 0 bridgehead atoms. The van der Waals surface area contributed by atoms with Crippen molar-refractivity contribution in [3.63, 3.8) is 0 Å². The lowest BCUT2D eigenvalue weighted by Gasteiger charge is -2.10. The molecular weight excluding hydrogens is 418 g/mol. The number of nitrogens with one attached hydrogen (secondary N) is 2. The van der Waals surface area contributed by atoms with E-state index in [4.69, 9.17) is 20.8 Å². The van der Waals surface area contributed by atoms with Crippen molar-refractivity contribution < 1.29 is 18.7 Å². The molecule has 0 spiro atoms. The van der Waals surface area contributed by atoms with Crippen molar-refractivity contribution >= 4 is 35.2 Å². The van der Waals surface area contributed by atoms with Crippen molar-refractivity contribution in [2.45, 2.75) is 18.6 Å². The second kappa shape index (κ2) is 9.48. The fourth-order valence-electron chi connectivity index (χ4n) is 2.49. The number of carbonyl (C=O) groups excluding carboxylic acids is 2. The van der Waals surface area contributed by atoms with Crippen molar-refractivity contribution in [1.29, 1.82) is 0 Å². The molecule has 0 fully saturated rings. The Hall–Kier alpha value is -2.98. The molecule has 0 saturated heterocycles. The molecule has 0 atom stereocenters. The summed E-state index contributed by atoms with van der Waals surface area (Å²) < 4.78 is 12.3. The first-order valence-electron chi connectivity index (χ1n) is 8.56. The molecular formula is C18H18ClN5O4S. The Balaban J connectivity index is 1.57. The van der Waals surface area contributed by atoms with Crippen LogP contribution >= 0.6 is 23.4 Å². The van der Waals surface area contributed by atoms with E-state index >= 15 is 0 Å². The third-order valence-corrected chi connectivity index (χ3v) is 5.03. The summed E-state index contributed by atoms with van der Waals surface area (Å²) in [6, 6.07) is 8.19. The Labute approximate surface area is 175 Å². The molecule has 152 valence electrons. The summed E-state index contributed by atoms with van der Waals surface area (Å²) in [6.07, 6.45) is 1.56. The van der Waals surface area contributed by atoms with Gasteiger partial charge in [-0.3, -0.25) is 25.0 Å². The third kappa shape index (κ3) is 4.90. The number of furan rings is 1. The Morgan fingerprint density at radius 1 is 1.28 bits per heavy atom. The van der Waals surface area contributed by atoms with Gasteiger partial charge >= 0.3 is 0 Å². The van der Waals surface area contributed by atoms with E-state index in [1.807, 2.05) is 11.5 Å². The lowest BCUT2D eigenvalue weighted by atomic mass is 10.2. The molecule has 1 aromatic carbocycles. The average molecular weight is 436 g/mol. The Morgan fingerprint density at radius 2 is 2.10 bits per heavy atom. The highest BCUT2D eigenvalue weighted by Crippen LogP contribution is 2.24. The number of hydrogen-bond donors (Lipinski definition) is 2. The highest BCUT2D eigenvalue weighted by molar-refractivity contribution is 7.99. The number of nitrogens with zero attached hydrogens (tertiary/aromatic N) is 3. The standard InChI is InChI=1S/C18H18ClN5O4S/c1-3-24-16(14-5-4-8-28-14)21-23-18(24)29-10-15(25)20-22-17(26)12-9-11(19)6-7-13(12)27-2/h4-9H,3,10H2,1-2H3,(H,20,25)(H,22,26). The number of methoxy groups -OCH3 is 1. The number of amides is 2. The Morgan fingerprint density at radius 3 is 2.79 bits per heavy atom. The van der Waals surface area contributed by atoms with Gasteiger partial charge in [0.15, 0.2) is 16.7 Å². The highest BCUT2D eigenvalue weighted by atomic mass is 35.5. The van der Waals surface area contributed by atoms with E-state index in [1.165, 1.54) is 24.9 Å². The lowest BCUT2D eigenvalue weighted by Crippen LogP contribution is -2.42. The third-order valence-electron chi connectivity index (χ3n) is 3.83. The van der Waals surface area contributed by atoms with Gasteiger partial charge in [0.2, 0.25) is 5.91 Å². The second-order valence-electron chi connectivity index (χ2n) is 5.66. The number of carbonyl (C=O) groups is 2. The molecule has 11 heteroatoms. The number of hydrazine groups is 1. The maximum atomic E-state index is 12.3. The van der Waals surface area contributed by atoms with Gasteiger partial charge in [0.1, 0.15) is 5.75 Å². The van der Waals surface area contributed by atoms with Crippen LogP contribution in [0.2, 0.25) is 5.02 Å². The first-order valence-corrected chi connectivity index (χ1v) is 9.92. The minimum Gasteiger partial charge on any atom is -0.496 e. The van der Waals surface area contributed by atoms with Gasteiger partial charge in [-0.2, -0.15) is 0 Å². The van der Waals surface area contributed by atoms with Crippen molar-refractivity contribution in [1.82, 2.24) is 25.6 Å². The van der Waals surface area contributed by atoms with Crippen LogP contribution in [0, 0.1) is 0 Å². The fourth-order valence-corrected chi connectivity index (χ4v) is 3.46. The number of rotatable bonds is 7. The van der Waals surface area contributed by atoms with Crippen molar-refractivity contribution in [3.05, 3.63) is 47.2 Å². The van der Waals surface area contributed by atoms with E-state index in [0.29, 0.717) is 34.1 Å². The van der Waals surface area contributed by atoms with Crippen LogP contribution in [0.15, 0.2) is 46.2 Å². The van der Waals surface area contributed by atoms with Crippen LogP contribution < -0.4 is 15.6 Å². The van der Waals surface area contributed by atoms with Crippen LogP contribution in [0.5, 0.6) is 5.75 Å². The summed E-state index contributed by atoms with van der Waals surface area (Å²) in [7, 11) is 1.44. The predicted molar refractivity (Wildman–Crippen MR) is 108 cm³/mol. The molecule has 3 aromatic rings. The largest absolute Gasteiger partial charge is 0.496 e. The molecule has 3 rings (SSSR count). The molecule has 0 aliphatic carbocycles. The van der Waals surface area contributed by atoms with E-state index in [0.717, 1.165) is 0 Å². The first-order chi connectivity index (χ1) is 14.0. The van der Waals surface area contributed by atoms with E-state index < -0.39 is 11.8 Å². The molecule has 0 saturated carbocycles. The smallest absolute Gasteiger partial charge is 0.273 e. The minimum absolute atomic E-state index is 0.0310. The van der Waals surface area contributed by atoms with E-state index in [-0.39, 0.29) is 11.3 Å². The van der Waals surface area contributed by atoms with Crippen LogP contribution in [-0.2, 0) is 11.3 Å². The normalized spacial score (nSPS) is 10.6. The van der Waals surface area contributed by atoms with Gasteiger partial charge in [-0.05, 0) is 37.3 Å². The number of thioether (sulfide) groups is 1. The molecule has 9 nitrogen and oxygen atoms in total. The Bertz CT molecular complexity index is 1010. The maximum Gasteiger partial charge on any atom is 0.273 e. The minimum atomic E-state index is -0.542. The highest BCUT2D eigenvalue weighted by Gasteiger charge is 2.17. The van der Waals surface area contributed by atoms with Gasteiger partial charge in [-0.1, -0.05) is 23.4 Å². The molecule has 0 radical (unpaired) electrons. The summed E-state index contributed by atoms with van der Waals surface area (Å²) in [6.45, 7) is 2.55. The van der Waals surface area contributed by atoms with Crippen molar-refractivity contribution in [3.8, 4) is 17.3 Å². The molecule has 2 heterocycles. The first kappa shape index (κ1) is 20.7. The van der Waals surface area contributed by atoms with Crippen LogP contribution in [0.1, 0.15) is 17.3 Å². The molecule has 2 amide bonds. The van der Waals surface area contributed by atoms with Gasteiger partial charge in [-0.15, -0.1) is 10.2 Å². The molecule has 29 heavy (non-hydrogen) atoms. The quantitative estimate of drug-likeness (QED) is 0.433. The van der Waals surface area contributed by atoms with Crippen LogP contribution in [-0.4, -0.2) is 39.4 Å². The monoisotopic (exact) mass is 435 g/mol. The zero-order valence-corrected chi connectivity index (χ0v) is 17.2. The maximum absolute atomic E-state index is 12.3. The molecule has 2 N–H and O–H groups in total. The lowest BCUT2D eigenvalue weighted by molar-refractivity contribution is -0.119. The summed E-state index contributed by atoms with van der Waals surface area (Å²) >= 11 is 7.11. The summed E-state index contributed by atoms with van der Waals surface area (Å²) in [5.41, 5.74) is 4.91. The van der Waals surface area contributed by atoms with Crippen LogP contribution in [0.25, 0.3) is 11.6 Å². The van der Waals surface area contributed by atoms with Crippen molar-refractivity contribution in [2.24, 2.45) is 0 Å². The topological polar surface area (TPSA) is 111 Å². The second-order valence-corrected chi connectivity index (χ2v) is 7.04. The molecule has 0 unspecified atom stereocenters. The molecule has 0 aliphatic rings. The van der Waals surface area contributed by atoms with Crippen LogP contribution in [0.3, 0.4) is 0 Å². The number of hydrogen-bond acceptors (Lipinski definition) is 7. The van der Waals surface area contributed by atoms with Crippen LogP contribution in [0.4, 0.5) is 0 Å². The molecule has 2 aromatic heterocycles. The number of ether oxygens (including phenoxy) is 1. The van der Waals surface area contributed by atoms with Gasteiger partial charge in [0.25, 0.3) is 5.91 Å². The number of halogens is 1. The fraction of sp³-hybridized carbons (Fsp3) is 0.222. The van der Waals surface area contributed by atoms with Gasteiger partial charge in [-0.25, -0.2) is 0 Å². The molecule has 0 aliphatic heterocycles. The number of benzene rings is 1. The summed E-state index contributed by atoms with van der Waals surface area (Å²) in [5.74, 6) is 0.606. The van der Waals surface area contributed by atoms with Gasteiger partial charge in [0.05, 0.1) is 24.7 Å². The van der Waals surface area contributed by atoms with Gasteiger partial charge < -0.3 is 9.15 Å². The predicted octanol–water partition coefficient (Wildman–Crippen LogP) is 2.77.